The van der Waals surface area contributed by atoms with E-state index in [-0.39, 0.29) is 24.4 Å². The first-order chi connectivity index (χ1) is 14.2. The number of alkyl halides is 3. The van der Waals surface area contributed by atoms with Crippen molar-refractivity contribution in [1.29, 1.82) is 0 Å². The van der Waals surface area contributed by atoms with Crippen molar-refractivity contribution < 1.29 is 27.9 Å². The zero-order valence-electron chi connectivity index (χ0n) is 15.3. The van der Waals surface area contributed by atoms with Crippen LogP contribution in [0.3, 0.4) is 0 Å². The van der Waals surface area contributed by atoms with Gasteiger partial charge < -0.3 is 15.0 Å². The smallest absolute Gasteiger partial charge is 0.436 e. The first-order valence-electron chi connectivity index (χ1n) is 8.90. The van der Waals surface area contributed by atoms with E-state index in [4.69, 9.17) is 5.11 Å². The molecule has 0 aliphatic carbocycles. The van der Waals surface area contributed by atoms with Crippen molar-refractivity contribution in [3.63, 3.8) is 0 Å². The van der Waals surface area contributed by atoms with Gasteiger partial charge in [-0.3, -0.25) is 14.2 Å². The highest BCUT2D eigenvalue weighted by Crippen LogP contribution is 2.35. The Hall–Kier alpha value is -3.64. The number of aromatic amines is 1. The molecule has 0 unspecified atom stereocenters. The number of fused-ring (bicyclic) bond motifs is 1. The molecule has 3 aromatic rings. The molecule has 0 saturated carbocycles. The molecule has 3 aromatic heterocycles. The molecule has 4 rings (SSSR count). The molecule has 0 atom stereocenters. The lowest BCUT2D eigenvalue weighted by atomic mass is 9.93. The van der Waals surface area contributed by atoms with E-state index in [0.717, 1.165) is 21.5 Å². The van der Waals surface area contributed by atoms with Crippen LogP contribution in [0.15, 0.2) is 29.6 Å². The number of nitrogens with zero attached hydrogens (tertiary/aromatic N) is 5. The molecule has 1 amide bonds. The molecule has 1 saturated heterocycles. The quantitative estimate of drug-likeness (QED) is 0.646. The molecule has 1 aliphatic heterocycles. The van der Waals surface area contributed by atoms with Gasteiger partial charge in [0, 0.05) is 37.5 Å². The summed E-state index contributed by atoms with van der Waals surface area (Å²) in [5, 5.41) is 12.7. The van der Waals surface area contributed by atoms with Crippen LogP contribution in [0, 0.1) is 0 Å². The Balaban J connectivity index is 1.88. The van der Waals surface area contributed by atoms with Crippen LogP contribution in [-0.2, 0) is 6.18 Å². The van der Waals surface area contributed by atoms with Gasteiger partial charge in [-0.2, -0.15) is 18.3 Å². The number of hydrogen-bond donors (Lipinski definition) is 2. The number of carbonyl (C=O) groups excluding carboxylic acids is 1. The van der Waals surface area contributed by atoms with Crippen molar-refractivity contribution >= 4 is 17.6 Å². The molecule has 158 valence electrons. The number of H-pyrrole nitrogens is 1. The second kappa shape index (κ2) is 7.00. The molecule has 1 aliphatic rings. The van der Waals surface area contributed by atoms with E-state index in [1.54, 1.807) is 0 Å². The predicted molar refractivity (Wildman–Crippen MR) is 94.3 cm³/mol. The van der Waals surface area contributed by atoms with E-state index >= 15 is 0 Å². The number of amides is 1. The van der Waals surface area contributed by atoms with Gasteiger partial charge in [-0.05, 0) is 12.8 Å². The Morgan fingerprint density at radius 2 is 1.93 bits per heavy atom. The Morgan fingerprint density at radius 3 is 2.50 bits per heavy atom. The predicted octanol–water partition coefficient (Wildman–Crippen LogP) is 1.78. The third kappa shape index (κ3) is 3.31. The number of carbonyl (C=O) groups is 2. The van der Waals surface area contributed by atoms with Crippen molar-refractivity contribution in [3.8, 4) is 0 Å². The lowest BCUT2D eigenvalue weighted by Crippen LogP contribution is -2.37. The van der Waals surface area contributed by atoms with E-state index < -0.39 is 40.9 Å². The van der Waals surface area contributed by atoms with Crippen molar-refractivity contribution in [2.24, 2.45) is 0 Å². The number of carboxylic acid groups (broad SMARTS) is 1. The molecule has 10 nitrogen and oxygen atoms in total. The van der Waals surface area contributed by atoms with Gasteiger partial charge in [0.1, 0.15) is 17.5 Å². The molecular formula is C17H15F3N6O4. The van der Waals surface area contributed by atoms with E-state index in [0.29, 0.717) is 12.8 Å². The minimum absolute atomic E-state index is 0.169. The van der Waals surface area contributed by atoms with Crippen LogP contribution in [0.2, 0.25) is 0 Å². The van der Waals surface area contributed by atoms with Crippen LogP contribution in [0.4, 0.5) is 18.0 Å². The lowest BCUT2D eigenvalue weighted by molar-refractivity contribution is -0.141. The van der Waals surface area contributed by atoms with Gasteiger partial charge in [0.25, 0.3) is 11.5 Å². The third-order valence-corrected chi connectivity index (χ3v) is 5.06. The largest absolute Gasteiger partial charge is 0.465 e. The van der Waals surface area contributed by atoms with Crippen LogP contribution in [0.25, 0.3) is 5.65 Å². The van der Waals surface area contributed by atoms with Gasteiger partial charge >= 0.3 is 12.3 Å². The number of rotatable bonds is 2. The van der Waals surface area contributed by atoms with E-state index in [1.807, 2.05) is 0 Å². The summed E-state index contributed by atoms with van der Waals surface area (Å²) >= 11 is 0. The van der Waals surface area contributed by atoms with Crippen molar-refractivity contribution in [1.82, 2.24) is 29.0 Å². The summed E-state index contributed by atoms with van der Waals surface area (Å²) in [6.45, 7) is 0.338. The third-order valence-electron chi connectivity index (χ3n) is 5.06. The highest BCUT2D eigenvalue weighted by molar-refractivity contribution is 6.02. The first-order valence-corrected chi connectivity index (χ1v) is 8.90. The maximum Gasteiger partial charge on any atom is 0.436 e. The van der Waals surface area contributed by atoms with E-state index in [9.17, 15) is 27.6 Å². The average molecular weight is 424 g/mol. The Labute approximate surface area is 165 Å². The maximum absolute atomic E-state index is 13.7. The second-order valence-electron chi connectivity index (χ2n) is 6.86. The molecule has 30 heavy (non-hydrogen) atoms. The van der Waals surface area contributed by atoms with Crippen LogP contribution in [0.1, 0.15) is 40.5 Å². The molecular weight excluding hydrogens is 409 g/mol. The number of hydrogen-bond acceptors (Lipinski definition) is 5. The molecule has 4 heterocycles. The molecule has 1 fully saturated rings. The minimum atomic E-state index is -4.95. The fraction of sp³-hybridized carbons (Fsp3) is 0.353. The summed E-state index contributed by atoms with van der Waals surface area (Å²) < 4.78 is 42.8. The van der Waals surface area contributed by atoms with Gasteiger partial charge in [-0.15, -0.1) is 0 Å². The molecule has 0 spiro atoms. The summed E-state index contributed by atoms with van der Waals surface area (Å²) in [6.07, 6.45) is -1.95. The number of likely N-dealkylation sites (tertiary alicyclic amines) is 1. The lowest BCUT2D eigenvalue weighted by Gasteiger charge is -2.30. The fourth-order valence-electron chi connectivity index (χ4n) is 3.64. The zero-order chi connectivity index (χ0) is 21.6. The summed E-state index contributed by atoms with van der Waals surface area (Å²) in [5.41, 5.74) is -3.08. The standard InChI is InChI=1S/C17H15F3N6O4/c18-17(19,20)13-12(15(28)25-6-3-21-8-25)14-22-11(27)7-10(26(14)23-13)9-1-4-24(5-2-9)16(29)30/h3,6-9H,1-2,4-5H2,(H,22,27)(H,29,30). The number of halogens is 3. The molecule has 0 bridgehead atoms. The Bertz CT molecular complexity index is 1170. The van der Waals surface area contributed by atoms with E-state index in [2.05, 4.69) is 15.1 Å². The Morgan fingerprint density at radius 1 is 1.23 bits per heavy atom. The van der Waals surface area contributed by atoms with Crippen LogP contribution in [0.5, 0.6) is 0 Å². The highest BCUT2D eigenvalue weighted by Gasteiger charge is 2.41. The Kier molecular flexibility index (Phi) is 4.59. The number of nitrogens with one attached hydrogen (secondary N) is 1. The summed E-state index contributed by atoms with van der Waals surface area (Å²) in [5.74, 6) is -1.44. The number of piperidine rings is 1. The average Bonchev–Trinajstić information content (AvgIpc) is 3.34. The monoisotopic (exact) mass is 424 g/mol. The topological polar surface area (TPSA) is 126 Å². The molecule has 0 radical (unpaired) electrons. The van der Waals surface area contributed by atoms with Crippen molar-refractivity contribution in [3.05, 3.63) is 52.1 Å². The second-order valence-corrected chi connectivity index (χ2v) is 6.86. The van der Waals surface area contributed by atoms with Crippen LogP contribution < -0.4 is 5.56 Å². The van der Waals surface area contributed by atoms with Gasteiger partial charge in [0.15, 0.2) is 5.69 Å². The number of imidazole rings is 1. The van der Waals surface area contributed by atoms with Crippen molar-refractivity contribution in [2.75, 3.05) is 13.1 Å². The summed E-state index contributed by atoms with van der Waals surface area (Å²) in [4.78, 5) is 43.2. The van der Waals surface area contributed by atoms with Crippen molar-refractivity contribution in [2.45, 2.75) is 24.9 Å². The minimum Gasteiger partial charge on any atom is -0.465 e. The van der Waals surface area contributed by atoms with Gasteiger partial charge in [-0.1, -0.05) is 0 Å². The zero-order valence-corrected chi connectivity index (χ0v) is 15.3. The molecule has 2 N–H and O–H groups in total. The highest BCUT2D eigenvalue weighted by atomic mass is 19.4. The summed E-state index contributed by atoms with van der Waals surface area (Å²) in [6, 6.07) is 1.13. The van der Waals surface area contributed by atoms with Crippen LogP contribution in [-0.4, -0.2) is 59.2 Å². The van der Waals surface area contributed by atoms with Gasteiger partial charge in [0.2, 0.25) is 0 Å². The first kappa shape index (κ1) is 19.7. The van der Waals surface area contributed by atoms with E-state index in [1.165, 1.54) is 17.3 Å². The van der Waals surface area contributed by atoms with Crippen LogP contribution >= 0.6 is 0 Å². The van der Waals surface area contributed by atoms with Gasteiger partial charge in [0.05, 0.1) is 5.69 Å². The fourth-order valence-corrected chi connectivity index (χ4v) is 3.64. The summed E-state index contributed by atoms with van der Waals surface area (Å²) in [7, 11) is 0. The maximum atomic E-state index is 13.7. The molecule has 0 aromatic carbocycles. The normalized spacial score (nSPS) is 15.6. The number of aromatic nitrogens is 5. The van der Waals surface area contributed by atoms with Gasteiger partial charge in [-0.25, -0.2) is 14.3 Å². The SMILES string of the molecule is O=C(O)N1CCC(c2cc(=O)[nH]c3c(C(=O)n4ccnc4)c(C(F)(F)F)nn23)CC1. The molecule has 13 heteroatoms.